The summed E-state index contributed by atoms with van der Waals surface area (Å²) < 4.78 is 0. The lowest BCUT2D eigenvalue weighted by Crippen LogP contribution is -2.41. The minimum absolute atomic E-state index is 0.00113. The molecule has 0 aliphatic rings. The Balaban J connectivity index is 1.90. The van der Waals surface area contributed by atoms with Gasteiger partial charge in [0.15, 0.2) is 0 Å². The Labute approximate surface area is 139 Å². The Morgan fingerprint density at radius 3 is 2.83 bits per heavy atom. The van der Waals surface area contributed by atoms with Crippen molar-refractivity contribution >= 4 is 39.6 Å². The van der Waals surface area contributed by atoms with Gasteiger partial charge in [0.05, 0.1) is 11.3 Å². The Bertz CT molecular complexity index is 879. The van der Waals surface area contributed by atoms with Gasteiger partial charge < -0.3 is 10.3 Å². The quantitative estimate of drug-likeness (QED) is 0.571. The monoisotopic (exact) mass is 328 g/mol. The predicted octanol–water partition coefficient (Wildman–Crippen LogP) is 3.43. The van der Waals surface area contributed by atoms with Crippen LogP contribution in [-0.4, -0.2) is 32.2 Å². The molecule has 3 rings (SSSR count). The standard InChI is InChI=1S/C17H20N4OS/c1-10-5-6-12-11(7-10)14-15(20-12)16(19-9-18-14)23-8-13(22)21-17(2,3)4/h5-7,9,20H,8H2,1-4H3,(H,21,22). The first-order valence-corrected chi connectivity index (χ1v) is 8.49. The number of hydrogen-bond donors (Lipinski definition) is 2. The highest BCUT2D eigenvalue weighted by Gasteiger charge is 2.16. The molecule has 23 heavy (non-hydrogen) atoms. The van der Waals surface area contributed by atoms with E-state index in [0.29, 0.717) is 5.75 Å². The molecule has 0 aliphatic heterocycles. The van der Waals surface area contributed by atoms with Gasteiger partial charge in [-0.1, -0.05) is 23.4 Å². The molecule has 1 aromatic carbocycles. The molecule has 2 N–H and O–H groups in total. The molecule has 6 heteroatoms. The van der Waals surface area contributed by atoms with Crippen LogP contribution in [-0.2, 0) is 4.79 Å². The van der Waals surface area contributed by atoms with E-state index >= 15 is 0 Å². The predicted molar refractivity (Wildman–Crippen MR) is 94.8 cm³/mol. The highest BCUT2D eigenvalue weighted by molar-refractivity contribution is 8.00. The molecule has 0 saturated heterocycles. The van der Waals surface area contributed by atoms with E-state index in [4.69, 9.17) is 0 Å². The number of amides is 1. The van der Waals surface area contributed by atoms with Crippen LogP contribution in [0.1, 0.15) is 26.3 Å². The van der Waals surface area contributed by atoms with Crippen molar-refractivity contribution < 1.29 is 4.79 Å². The number of aromatic amines is 1. The van der Waals surface area contributed by atoms with Gasteiger partial charge in [-0.25, -0.2) is 9.97 Å². The topological polar surface area (TPSA) is 70.7 Å². The third-order valence-corrected chi connectivity index (χ3v) is 4.35. The number of nitrogens with one attached hydrogen (secondary N) is 2. The van der Waals surface area contributed by atoms with Crippen molar-refractivity contribution in [3.8, 4) is 0 Å². The van der Waals surface area contributed by atoms with Crippen LogP contribution in [0.25, 0.3) is 21.9 Å². The lowest BCUT2D eigenvalue weighted by molar-refractivity contribution is -0.119. The fourth-order valence-corrected chi connectivity index (χ4v) is 3.24. The number of nitrogens with zero attached hydrogens (tertiary/aromatic N) is 2. The summed E-state index contributed by atoms with van der Waals surface area (Å²) in [7, 11) is 0. The van der Waals surface area contributed by atoms with Gasteiger partial charge >= 0.3 is 0 Å². The highest BCUT2D eigenvalue weighted by Crippen LogP contribution is 2.30. The number of hydrogen-bond acceptors (Lipinski definition) is 4. The number of carbonyl (C=O) groups is 1. The number of aromatic nitrogens is 3. The number of fused-ring (bicyclic) bond motifs is 3. The summed E-state index contributed by atoms with van der Waals surface area (Å²) in [6, 6.07) is 6.23. The first-order chi connectivity index (χ1) is 10.8. The van der Waals surface area contributed by atoms with E-state index in [9.17, 15) is 4.79 Å². The molecule has 2 aromatic heterocycles. The molecule has 3 aromatic rings. The highest BCUT2D eigenvalue weighted by atomic mass is 32.2. The largest absolute Gasteiger partial charge is 0.351 e. The van der Waals surface area contributed by atoms with E-state index in [1.807, 2.05) is 26.8 Å². The number of thioether (sulfide) groups is 1. The van der Waals surface area contributed by atoms with Crippen LogP contribution in [0, 0.1) is 6.92 Å². The number of aryl methyl sites for hydroxylation is 1. The molecule has 0 aliphatic carbocycles. The zero-order valence-corrected chi connectivity index (χ0v) is 14.5. The van der Waals surface area contributed by atoms with Crippen LogP contribution in [0.3, 0.4) is 0 Å². The molecule has 0 saturated carbocycles. The molecular weight excluding hydrogens is 308 g/mol. The van der Waals surface area contributed by atoms with E-state index in [-0.39, 0.29) is 11.4 Å². The summed E-state index contributed by atoms with van der Waals surface area (Å²) in [5.41, 5.74) is 3.79. The van der Waals surface area contributed by atoms with Gasteiger partial charge in [0.2, 0.25) is 5.91 Å². The summed E-state index contributed by atoms with van der Waals surface area (Å²) >= 11 is 1.42. The van der Waals surface area contributed by atoms with Crippen molar-refractivity contribution in [3.63, 3.8) is 0 Å². The van der Waals surface area contributed by atoms with Crippen molar-refractivity contribution in [3.05, 3.63) is 30.1 Å². The Kier molecular flexibility index (Phi) is 4.02. The summed E-state index contributed by atoms with van der Waals surface area (Å²) in [5.74, 6) is 0.332. The van der Waals surface area contributed by atoms with Crippen LogP contribution >= 0.6 is 11.8 Å². The molecule has 120 valence electrons. The van der Waals surface area contributed by atoms with Crippen LogP contribution in [0.15, 0.2) is 29.6 Å². The van der Waals surface area contributed by atoms with Gasteiger partial charge in [0.1, 0.15) is 16.9 Å². The van der Waals surface area contributed by atoms with Crippen molar-refractivity contribution in [2.45, 2.75) is 38.3 Å². The van der Waals surface area contributed by atoms with Crippen molar-refractivity contribution in [1.29, 1.82) is 0 Å². The number of rotatable bonds is 3. The fourth-order valence-electron chi connectivity index (χ4n) is 2.48. The minimum Gasteiger partial charge on any atom is -0.351 e. The van der Waals surface area contributed by atoms with E-state index < -0.39 is 0 Å². The average molecular weight is 328 g/mol. The molecular formula is C17H20N4OS. The van der Waals surface area contributed by atoms with Gasteiger partial charge in [-0.3, -0.25) is 4.79 Å². The normalized spacial score (nSPS) is 12.0. The second-order valence-electron chi connectivity index (χ2n) is 6.66. The Morgan fingerprint density at radius 1 is 1.30 bits per heavy atom. The first-order valence-electron chi connectivity index (χ1n) is 7.50. The van der Waals surface area contributed by atoms with Gasteiger partial charge in [0, 0.05) is 16.4 Å². The fraction of sp³-hybridized carbons (Fsp3) is 0.353. The molecule has 0 radical (unpaired) electrons. The second kappa shape index (κ2) is 5.85. The molecule has 0 fully saturated rings. The van der Waals surface area contributed by atoms with E-state index in [1.54, 1.807) is 6.33 Å². The van der Waals surface area contributed by atoms with E-state index in [2.05, 4.69) is 39.3 Å². The van der Waals surface area contributed by atoms with E-state index in [1.165, 1.54) is 17.3 Å². The summed E-state index contributed by atoms with van der Waals surface area (Å²) in [6.45, 7) is 7.97. The van der Waals surface area contributed by atoms with Crippen LogP contribution in [0.2, 0.25) is 0 Å². The zero-order chi connectivity index (χ0) is 16.6. The second-order valence-corrected chi connectivity index (χ2v) is 7.63. The third-order valence-electron chi connectivity index (χ3n) is 3.36. The van der Waals surface area contributed by atoms with Crippen molar-refractivity contribution in [2.75, 3.05) is 5.75 Å². The zero-order valence-electron chi connectivity index (χ0n) is 13.7. The molecule has 0 bridgehead atoms. The van der Waals surface area contributed by atoms with Gasteiger partial charge in [0.25, 0.3) is 0 Å². The van der Waals surface area contributed by atoms with Crippen molar-refractivity contribution in [1.82, 2.24) is 20.3 Å². The smallest absolute Gasteiger partial charge is 0.230 e. The third kappa shape index (κ3) is 3.47. The maximum atomic E-state index is 12.0. The van der Waals surface area contributed by atoms with Crippen LogP contribution < -0.4 is 5.32 Å². The molecule has 0 spiro atoms. The van der Waals surface area contributed by atoms with Gasteiger partial charge in [-0.05, 0) is 39.8 Å². The number of H-pyrrole nitrogens is 1. The van der Waals surface area contributed by atoms with Gasteiger partial charge in [-0.2, -0.15) is 0 Å². The Hall–Kier alpha value is -2.08. The summed E-state index contributed by atoms with van der Waals surface area (Å²) in [6.07, 6.45) is 1.56. The summed E-state index contributed by atoms with van der Waals surface area (Å²) in [5, 5.41) is 4.84. The number of carbonyl (C=O) groups excluding carboxylic acids is 1. The Morgan fingerprint density at radius 2 is 2.09 bits per heavy atom. The molecule has 0 atom stereocenters. The molecule has 1 amide bonds. The average Bonchev–Trinajstić information content (AvgIpc) is 2.82. The van der Waals surface area contributed by atoms with E-state index in [0.717, 1.165) is 27.0 Å². The SMILES string of the molecule is Cc1ccc2[nH]c3c(SCC(=O)NC(C)(C)C)ncnc3c2c1. The van der Waals surface area contributed by atoms with Crippen molar-refractivity contribution in [2.24, 2.45) is 0 Å². The van der Waals surface area contributed by atoms with Gasteiger partial charge in [-0.15, -0.1) is 0 Å². The number of benzene rings is 1. The molecule has 0 unspecified atom stereocenters. The maximum Gasteiger partial charge on any atom is 0.230 e. The first kappa shape index (κ1) is 15.8. The van der Waals surface area contributed by atoms with Crippen LogP contribution in [0.5, 0.6) is 0 Å². The summed E-state index contributed by atoms with van der Waals surface area (Å²) in [4.78, 5) is 24.1. The van der Waals surface area contributed by atoms with Crippen LogP contribution in [0.4, 0.5) is 0 Å². The lowest BCUT2D eigenvalue weighted by Gasteiger charge is -2.20. The molecule has 2 heterocycles. The maximum absolute atomic E-state index is 12.0. The molecule has 5 nitrogen and oxygen atoms in total. The lowest BCUT2D eigenvalue weighted by atomic mass is 10.1. The minimum atomic E-state index is -0.225.